The Bertz CT molecular complexity index is 726. The summed E-state index contributed by atoms with van der Waals surface area (Å²) in [6.45, 7) is 1.74. The molecule has 0 aromatic heterocycles. The molecule has 0 spiro atoms. The Morgan fingerprint density at radius 2 is 1.79 bits per heavy atom. The Hall–Kier alpha value is -2.25. The van der Waals surface area contributed by atoms with Gasteiger partial charge in [-0.3, -0.25) is 4.79 Å². The van der Waals surface area contributed by atoms with Crippen LogP contribution in [-0.4, -0.2) is 34.1 Å². The van der Waals surface area contributed by atoms with Gasteiger partial charge in [-0.05, 0) is 63.1 Å². The number of benzene rings is 1. The van der Waals surface area contributed by atoms with Crippen LogP contribution in [0.15, 0.2) is 24.3 Å². The lowest BCUT2D eigenvalue weighted by Gasteiger charge is -2.34. The van der Waals surface area contributed by atoms with Gasteiger partial charge in [0.25, 0.3) is 0 Å². The van der Waals surface area contributed by atoms with E-state index in [0.29, 0.717) is 31.2 Å². The molecule has 0 bridgehead atoms. The van der Waals surface area contributed by atoms with Gasteiger partial charge in [0.05, 0.1) is 17.5 Å². The fourth-order valence-electron chi connectivity index (χ4n) is 3.88. The van der Waals surface area contributed by atoms with E-state index in [-0.39, 0.29) is 24.0 Å². The van der Waals surface area contributed by atoms with Crippen molar-refractivity contribution < 1.29 is 27.9 Å². The molecule has 0 heterocycles. The van der Waals surface area contributed by atoms with E-state index < -0.39 is 23.8 Å². The quantitative estimate of drug-likeness (QED) is 0.763. The third-order valence-electron chi connectivity index (χ3n) is 5.69. The number of carbonyl (C=O) groups is 2. The summed E-state index contributed by atoms with van der Waals surface area (Å²) in [7, 11) is 0. The van der Waals surface area contributed by atoms with Crippen LogP contribution in [0.1, 0.15) is 62.6 Å². The standard InChI is InChI=1S/C20H25F3N2O3/c1-12(14-3-2-4-15(11-14)20(21,22)23)25(17-9-10-17)19(28)24-16-7-5-13(6-8-16)18(26)27/h2-4,11-13,16-17H,5-10H2,1H3,(H,24,28)(H,26,27). The number of halogens is 3. The third kappa shape index (κ3) is 4.77. The molecule has 0 aliphatic heterocycles. The first kappa shape index (κ1) is 20.5. The second-order valence-corrected chi connectivity index (χ2v) is 7.77. The summed E-state index contributed by atoms with van der Waals surface area (Å²) in [4.78, 5) is 25.6. The van der Waals surface area contributed by atoms with E-state index in [4.69, 9.17) is 5.11 Å². The van der Waals surface area contributed by atoms with Crippen LogP contribution in [0.25, 0.3) is 0 Å². The Morgan fingerprint density at radius 3 is 2.32 bits per heavy atom. The highest BCUT2D eigenvalue weighted by Gasteiger charge is 2.38. The predicted molar refractivity (Wildman–Crippen MR) is 96.6 cm³/mol. The van der Waals surface area contributed by atoms with Crippen LogP contribution in [0, 0.1) is 5.92 Å². The van der Waals surface area contributed by atoms with Crippen molar-refractivity contribution in [2.24, 2.45) is 5.92 Å². The molecule has 28 heavy (non-hydrogen) atoms. The first-order valence-corrected chi connectivity index (χ1v) is 9.65. The maximum absolute atomic E-state index is 13.0. The highest BCUT2D eigenvalue weighted by atomic mass is 19.4. The molecule has 2 aliphatic rings. The summed E-state index contributed by atoms with van der Waals surface area (Å²) >= 11 is 0. The molecule has 1 aromatic rings. The number of rotatable bonds is 5. The summed E-state index contributed by atoms with van der Waals surface area (Å²) in [5.74, 6) is -1.17. The molecule has 2 saturated carbocycles. The fraction of sp³-hybridized carbons (Fsp3) is 0.600. The molecule has 1 aromatic carbocycles. The number of alkyl halides is 3. The van der Waals surface area contributed by atoms with Crippen LogP contribution in [-0.2, 0) is 11.0 Å². The van der Waals surface area contributed by atoms with E-state index in [9.17, 15) is 22.8 Å². The number of hydrogen-bond donors (Lipinski definition) is 2. The first-order chi connectivity index (χ1) is 13.2. The van der Waals surface area contributed by atoms with Crippen LogP contribution >= 0.6 is 0 Å². The monoisotopic (exact) mass is 398 g/mol. The van der Waals surface area contributed by atoms with E-state index in [1.807, 2.05) is 0 Å². The van der Waals surface area contributed by atoms with Crippen molar-refractivity contribution in [3.05, 3.63) is 35.4 Å². The minimum Gasteiger partial charge on any atom is -0.481 e. The van der Waals surface area contributed by atoms with Crippen molar-refractivity contribution in [2.45, 2.75) is 69.8 Å². The smallest absolute Gasteiger partial charge is 0.416 e. The summed E-state index contributed by atoms with van der Waals surface area (Å²) in [6.07, 6.45) is -0.520. The number of nitrogens with zero attached hydrogens (tertiary/aromatic N) is 1. The van der Waals surface area contributed by atoms with Gasteiger partial charge in [0.2, 0.25) is 0 Å². The number of carboxylic acid groups (broad SMARTS) is 1. The lowest BCUT2D eigenvalue weighted by atomic mass is 9.86. The summed E-state index contributed by atoms with van der Waals surface area (Å²) in [5.41, 5.74) is -0.272. The number of urea groups is 1. The number of aliphatic carboxylic acids is 1. The molecule has 1 atom stereocenters. The van der Waals surface area contributed by atoms with Gasteiger partial charge in [-0.1, -0.05) is 12.1 Å². The van der Waals surface area contributed by atoms with E-state index in [0.717, 1.165) is 25.0 Å². The molecule has 5 nitrogen and oxygen atoms in total. The van der Waals surface area contributed by atoms with Gasteiger partial charge in [0, 0.05) is 12.1 Å². The average molecular weight is 398 g/mol. The van der Waals surface area contributed by atoms with Gasteiger partial charge >= 0.3 is 18.2 Å². The van der Waals surface area contributed by atoms with Gasteiger partial charge < -0.3 is 15.3 Å². The Morgan fingerprint density at radius 1 is 1.14 bits per heavy atom. The summed E-state index contributed by atoms with van der Waals surface area (Å²) in [6, 6.07) is 4.27. The number of hydrogen-bond acceptors (Lipinski definition) is 2. The minimum absolute atomic E-state index is 0.0277. The zero-order valence-corrected chi connectivity index (χ0v) is 15.7. The molecule has 2 aliphatic carbocycles. The van der Waals surface area contributed by atoms with E-state index in [1.165, 1.54) is 6.07 Å². The molecular formula is C20H25F3N2O3. The van der Waals surface area contributed by atoms with Crippen LogP contribution in [0.2, 0.25) is 0 Å². The lowest BCUT2D eigenvalue weighted by molar-refractivity contribution is -0.143. The molecule has 0 saturated heterocycles. The zero-order valence-electron chi connectivity index (χ0n) is 15.7. The van der Waals surface area contributed by atoms with Crippen LogP contribution in [0.4, 0.5) is 18.0 Å². The van der Waals surface area contributed by atoms with Crippen LogP contribution in [0.3, 0.4) is 0 Å². The minimum atomic E-state index is -4.43. The third-order valence-corrected chi connectivity index (χ3v) is 5.69. The normalized spacial score (nSPS) is 23.7. The molecule has 2 amide bonds. The Kier molecular flexibility index (Phi) is 5.86. The number of carbonyl (C=O) groups excluding carboxylic acids is 1. The van der Waals surface area contributed by atoms with E-state index in [2.05, 4.69) is 5.32 Å². The largest absolute Gasteiger partial charge is 0.481 e. The molecule has 2 N–H and O–H groups in total. The fourth-order valence-corrected chi connectivity index (χ4v) is 3.88. The average Bonchev–Trinajstić information content (AvgIpc) is 3.46. The van der Waals surface area contributed by atoms with Gasteiger partial charge in [-0.15, -0.1) is 0 Å². The van der Waals surface area contributed by atoms with Crippen molar-refractivity contribution in [3.8, 4) is 0 Å². The molecule has 2 fully saturated rings. The van der Waals surface area contributed by atoms with Gasteiger partial charge in [-0.25, -0.2) is 4.79 Å². The number of nitrogens with one attached hydrogen (secondary N) is 1. The number of carboxylic acids is 1. The SMILES string of the molecule is CC(c1cccc(C(F)(F)F)c1)N(C(=O)NC1CCC(C(=O)O)CC1)C1CC1. The molecule has 3 rings (SSSR count). The van der Waals surface area contributed by atoms with Crippen molar-refractivity contribution in [1.82, 2.24) is 10.2 Å². The second kappa shape index (κ2) is 8.01. The van der Waals surface area contributed by atoms with Crippen LogP contribution in [0.5, 0.6) is 0 Å². The maximum Gasteiger partial charge on any atom is 0.416 e. The zero-order chi connectivity index (χ0) is 20.5. The molecule has 1 unspecified atom stereocenters. The van der Waals surface area contributed by atoms with Crippen molar-refractivity contribution in [2.75, 3.05) is 0 Å². The van der Waals surface area contributed by atoms with E-state index >= 15 is 0 Å². The highest BCUT2D eigenvalue weighted by Crippen LogP contribution is 2.37. The highest BCUT2D eigenvalue weighted by molar-refractivity contribution is 5.76. The van der Waals surface area contributed by atoms with Crippen molar-refractivity contribution in [1.29, 1.82) is 0 Å². The number of amides is 2. The Balaban J connectivity index is 1.68. The lowest BCUT2D eigenvalue weighted by Crippen LogP contribution is -2.48. The first-order valence-electron chi connectivity index (χ1n) is 9.65. The van der Waals surface area contributed by atoms with Crippen molar-refractivity contribution in [3.63, 3.8) is 0 Å². The molecule has 8 heteroatoms. The predicted octanol–water partition coefficient (Wildman–Crippen LogP) is 4.58. The summed E-state index contributed by atoms with van der Waals surface area (Å²) < 4.78 is 39.1. The second-order valence-electron chi connectivity index (χ2n) is 7.77. The molecule has 0 radical (unpaired) electrons. The van der Waals surface area contributed by atoms with Gasteiger partial charge in [-0.2, -0.15) is 13.2 Å². The van der Waals surface area contributed by atoms with Crippen molar-refractivity contribution >= 4 is 12.0 Å². The van der Waals surface area contributed by atoms with Gasteiger partial charge in [0.15, 0.2) is 0 Å². The maximum atomic E-state index is 13.0. The van der Waals surface area contributed by atoms with Crippen LogP contribution < -0.4 is 5.32 Å². The topological polar surface area (TPSA) is 69.6 Å². The molecular weight excluding hydrogens is 373 g/mol. The summed E-state index contributed by atoms with van der Waals surface area (Å²) in [5, 5.41) is 12.0. The van der Waals surface area contributed by atoms with E-state index in [1.54, 1.807) is 17.9 Å². The van der Waals surface area contributed by atoms with Gasteiger partial charge in [0.1, 0.15) is 0 Å². The Labute approximate surface area is 161 Å². The molecule has 154 valence electrons.